The van der Waals surface area contributed by atoms with E-state index in [-0.39, 0.29) is 23.7 Å². The van der Waals surface area contributed by atoms with Crippen molar-refractivity contribution >= 4 is 15.8 Å². The molecule has 152 valence electrons. The summed E-state index contributed by atoms with van der Waals surface area (Å²) in [5.41, 5.74) is 0. The van der Waals surface area contributed by atoms with Crippen LogP contribution in [0.15, 0.2) is 53.9 Å². The van der Waals surface area contributed by atoms with E-state index >= 15 is 0 Å². The van der Waals surface area contributed by atoms with Crippen LogP contribution < -0.4 is 9.64 Å². The maximum atomic E-state index is 13.6. The van der Waals surface area contributed by atoms with Crippen molar-refractivity contribution in [1.82, 2.24) is 24.1 Å². The highest BCUT2D eigenvalue weighted by Gasteiger charge is 2.31. The molecule has 9 nitrogen and oxygen atoms in total. The molecule has 0 bridgehead atoms. The third-order valence-corrected chi connectivity index (χ3v) is 6.63. The summed E-state index contributed by atoms with van der Waals surface area (Å²) in [6, 6.07) is 7.13. The van der Waals surface area contributed by atoms with Crippen molar-refractivity contribution < 1.29 is 17.5 Å². The van der Waals surface area contributed by atoms with Gasteiger partial charge in [0, 0.05) is 38.6 Å². The minimum atomic E-state index is -3.87. The Morgan fingerprint density at radius 3 is 2.38 bits per heavy atom. The van der Waals surface area contributed by atoms with E-state index in [0.717, 1.165) is 6.07 Å². The lowest BCUT2D eigenvalue weighted by atomic mass is 10.3. The fraction of sp³-hybridized carbons (Fsp3) is 0.278. The van der Waals surface area contributed by atoms with E-state index in [0.29, 0.717) is 24.7 Å². The maximum Gasteiger partial charge on any atom is 0.246 e. The summed E-state index contributed by atoms with van der Waals surface area (Å²) < 4.78 is 47.7. The van der Waals surface area contributed by atoms with Crippen molar-refractivity contribution in [2.24, 2.45) is 0 Å². The van der Waals surface area contributed by atoms with Gasteiger partial charge in [0.25, 0.3) is 0 Å². The summed E-state index contributed by atoms with van der Waals surface area (Å²) in [5, 5.41) is 8.42. The van der Waals surface area contributed by atoms with Gasteiger partial charge in [-0.1, -0.05) is 0 Å². The van der Waals surface area contributed by atoms with Gasteiger partial charge >= 0.3 is 0 Å². The number of ether oxygens (including phenoxy) is 1. The highest BCUT2D eigenvalue weighted by molar-refractivity contribution is 7.89. The first-order chi connectivity index (χ1) is 14.0. The number of halogens is 1. The molecule has 29 heavy (non-hydrogen) atoms. The molecule has 4 rings (SSSR count). The molecule has 1 aliphatic heterocycles. The minimum Gasteiger partial charge on any atom is -0.495 e. The topological polar surface area (TPSA) is 93.5 Å². The molecule has 0 aliphatic carbocycles. The predicted molar refractivity (Wildman–Crippen MR) is 103 cm³/mol. The molecule has 0 spiro atoms. The summed E-state index contributed by atoms with van der Waals surface area (Å²) in [5.74, 6) is 0.797. The van der Waals surface area contributed by atoms with Crippen molar-refractivity contribution in [3.63, 3.8) is 0 Å². The van der Waals surface area contributed by atoms with E-state index in [9.17, 15) is 12.8 Å². The molecule has 0 saturated carbocycles. The lowest BCUT2D eigenvalue weighted by Crippen LogP contribution is -2.49. The number of hydrogen-bond acceptors (Lipinski definition) is 7. The quantitative estimate of drug-likeness (QED) is 0.617. The number of piperazine rings is 1. The Labute approximate surface area is 167 Å². The van der Waals surface area contributed by atoms with Crippen molar-refractivity contribution in [2.45, 2.75) is 4.90 Å². The Hall–Kier alpha value is -3.05. The van der Waals surface area contributed by atoms with E-state index in [1.165, 1.54) is 23.5 Å². The Balaban J connectivity index is 1.47. The second-order valence-electron chi connectivity index (χ2n) is 6.41. The lowest BCUT2D eigenvalue weighted by molar-refractivity contribution is 0.372. The predicted octanol–water partition coefficient (Wildman–Crippen LogP) is 1.32. The monoisotopic (exact) mass is 418 g/mol. The molecule has 2 aromatic heterocycles. The van der Waals surface area contributed by atoms with Crippen molar-refractivity contribution in [2.75, 3.05) is 38.2 Å². The van der Waals surface area contributed by atoms with E-state index in [2.05, 4.69) is 15.2 Å². The zero-order valence-corrected chi connectivity index (χ0v) is 16.5. The molecule has 0 N–H and O–H groups in total. The highest BCUT2D eigenvalue weighted by Crippen LogP contribution is 2.28. The zero-order valence-electron chi connectivity index (χ0n) is 15.6. The average Bonchev–Trinajstić information content (AvgIpc) is 3.29. The van der Waals surface area contributed by atoms with Gasteiger partial charge in [0.05, 0.1) is 7.11 Å². The normalized spacial score (nSPS) is 15.4. The van der Waals surface area contributed by atoms with Crippen molar-refractivity contribution in [3.05, 3.63) is 54.9 Å². The van der Waals surface area contributed by atoms with Crippen LogP contribution >= 0.6 is 0 Å². The Bertz CT molecular complexity index is 1080. The number of rotatable bonds is 5. The molecule has 1 fully saturated rings. The van der Waals surface area contributed by atoms with Crippen LogP contribution in [0.5, 0.6) is 5.75 Å². The Kier molecular flexibility index (Phi) is 5.16. The summed E-state index contributed by atoms with van der Waals surface area (Å²) in [4.78, 5) is 5.76. The smallest absolute Gasteiger partial charge is 0.246 e. The van der Waals surface area contributed by atoms with Gasteiger partial charge in [0.15, 0.2) is 11.6 Å². The van der Waals surface area contributed by atoms with Crippen LogP contribution in [0.2, 0.25) is 0 Å². The fourth-order valence-electron chi connectivity index (χ4n) is 3.17. The van der Waals surface area contributed by atoms with Crippen LogP contribution in [-0.2, 0) is 10.0 Å². The van der Waals surface area contributed by atoms with Crippen LogP contribution in [0.3, 0.4) is 0 Å². The first-order valence-corrected chi connectivity index (χ1v) is 10.3. The molecule has 1 aliphatic rings. The van der Waals surface area contributed by atoms with E-state index in [1.54, 1.807) is 23.3 Å². The van der Waals surface area contributed by atoms with Gasteiger partial charge in [-0.25, -0.2) is 17.8 Å². The number of aromatic nitrogens is 4. The number of methoxy groups -OCH3 is 1. The molecular weight excluding hydrogens is 399 g/mol. The Morgan fingerprint density at radius 1 is 1.03 bits per heavy atom. The molecule has 0 radical (unpaired) electrons. The maximum absolute atomic E-state index is 13.6. The SMILES string of the molecule is COc1ccc(F)cc1S(=O)(=O)N1CCN(c2ccc(-n3ccnc3)nn2)CC1. The number of hydrogen-bond donors (Lipinski definition) is 0. The van der Waals surface area contributed by atoms with Gasteiger partial charge in [-0.2, -0.15) is 4.31 Å². The second-order valence-corrected chi connectivity index (χ2v) is 8.31. The van der Waals surface area contributed by atoms with Gasteiger partial charge in [-0.05, 0) is 30.3 Å². The third-order valence-electron chi connectivity index (χ3n) is 4.71. The lowest BCUT2D eigenvalue weighted by Gasteiger charge is -2.34. The molecular formula is C18H19FN6O3S. The van der Waals surface area contributed by atoms with Gasteiger partial charge in [0.2, 0.25) is 10.0 Å². The zero-order chi connectivity index (χ0) is 20.4. The first kappa shape index (κ1) is 19.3. The number of imidazole rings is 1. The molecule has 3 heterocycles. The molecule has 1 saturated heterocycles. The number of nitrogens with zero attached hydrogens (tertiary/aromatic N) is 6. The molecule has 0 amide bonds. The van der Waals surface area contributed by atoms with Crippen LogP contribution in [0.25, 0.3) is 5.82 Å². The third kappa shape index (κ3) is 3.78. The van der Waals surface area contributed by atoms with Crippen LogP contribution in [0.1, 0.15) is 0 Å². The van der Waals surface area contributed by atoms with E-state index < -0.39 is 15.8 Å². The summed E-state index contributed by atoms with van der Waals surface area (Å²) in [7, 11) is -2.52. The van der Waals surface area contributed by atoms with Crippen molar-refractivity contribution in [3.8, 4) is 11.6 Å². The molecule has 1 aromatic carbocycles. The van der Waals surface area contributed by atoms with Gasteiger partial charge < -0.3 is 9.64 Å². The molecule has 0 unspecified atom stereocenters. The molecule has 0 atom stereocenters. The average molecular weight is 418 g/mol. The molecule has 3 aromatic rings. The Morgan fingerprint density at radius 2 is 1.76 bits per heavy atom. The van der Waals surface area contributed by atoms with E-state index in [1.807, 2.05) is 17.0 Å². The van der Waals surface area contributed by atoms with Crippen LogP contribution in [0, 0.1) is 5.82 Å². The first-order valence-electron chi connectivity index (χ1n) is 8.90. The molecule has 11 heteroatoms. The minimum absolute atomic E-state index is 0.120. The number of anilines is 1. The van der Waals surface area contributed by atoms with Gasteiger partial charge in [-0.3, -0.25) is 4.57 Å². The standard InChI is InChI=1S/C18H19FN6O3S/c1-28-15-3-2-14(19)12-16(15)29(26,27)25-10-8-23(9-11-25)17-4-5-18(22-21-17)24-7-6-20-13-24/h2-7,12-13H,8-11H2,1H3. The number of benzene rings is 1. The summed E-state index contributed by atoms with van der Waals surface area (Å²) in [6.45, 7) is 1.37. The fourth-order valence-corrected chi connectivity index (χ4v) is 4.76. The van der Waals surface area contributed by atoms with Crippen LogP contribution in [0.4, 0.5) is 10.2 Å². The van der Waals surface area contributed by atoms with Gasteiger partial charge in [0.1, 0.15) is 22.8 Å². The van der Waals surface area contributed by atoms with E-state index in [4.69, 9.17) is 4.74 Å². The second kappa shape index (κ2) is 7.76. The largest absolute Gasteiger partial charge is 0.495 e. The highest BCUT2D eigenvalue weighted by atomic mass is 32.2. The summed E-state index contributed by atoms with van der Waals surface area (Å²) >= 11 is 0. The summed E-state index contributed by atoms with van der Waals surface area (Å²) in [6.07, 6.45) is 5.06. The van der Waals surface area contributed by atoms with Gasteiger partial charge in [-0.15, -0.1) is 10.2 Å². The van der Waals surface area contributed by atoms with Crippen LogP contribution in [-0.4, -0.2) is 65.8 Å². The van der Waals surface area contributed by atoms with Crippen molar-refractivity contribution in [1.29, 1.82) is 0 Å². The number of sulfonamides is 1.